The van der Waals surface area contributed by atoms with Crippen molar-refractivity contribution < 1.29 is 8.78 Å². The lowest BCUT2D eigenvalue weighted by Crippen LogP contribution is -1.84. The number of pyridine rings is 1. The molecule has 1 aromatic carbocycles. The zero-order chi connectivity index (χ0) is 11.8. The number of nitrogens with zero attached hydrogens (tertiary/aromatic N) is 1. The van der Waals surface area contributed by atoms with Crippen LogP contribution in [-0.2, 0) is 0 Å². The van der Waals surface area contributed by atoms with E-state index < -0.39 is 11.8 Å². The molecule has 0 aliphatic rings. The highest BCUT2D eigenvalue weighted by molar-refractivity contribution is 5.41. The van der Waals surface area contributed by atoms with Crippen LogP contribution >= 0.6 is 0 Å². The van der Waals surface area contributed by atoms with Crippen LogP contribution in [0, 0.1) is 11.8 Å². The molecule has 0 bridgehead atoms. The number of hydrogen-bond donors (Lipinski definition) is 1. The molecule has 2 rings (SSSR count). The van der Waals surface area contributed by atoms with Crippen LogP contribution < -0.4 is 5.32 Å². The first kappa shape index (κ1) is 12.1. The van der Waals surface area contributed by atoms with Gasteiger partial charge in [-0.15, -0.1) is 0 Å². The predicted octanol–water partition coefficient (Wildman–Crippen LogP) is 3.09. The normalized spacial score (nSPS) is 8.94. The molecule has 0 unspecified atom stereocenters. The molecule has 0 amide bonds. The van der Waals surface area contributed by atoms with E-state index in [1.807, 2.05) is 37.4 Å². The van der Waals surface area contributed by atoms with Gasteiger partial charge in [0, 0.05) is 18.9 Å². The Bertz CT molecular complexity index is 397. The molecule has 84 valence electrons. The fraction of sp³-hybridized carbons (Fsp3) is 0.0833. The third kappa shape index (κ3) is 4.04. The van der Waals surface area contributed by atoms with Crippen LogP contribution in [0.3, 0.4) is 0 Å². The van der Waals surface area contributed by atoms with Gasteiger partial charge >= 0.3 is 0 Å². The molecule has 0 radical (unpaired) electrons. The second-order valence-corrected chi connectivity index (χ2v) is 2.89. The number of benzene rings is 1. The number of para-hydroxylation sites is 1. The third-order valence-corrected chi connectivity index (χ3v) is 1.78. The molecule has 1 heterocycles. The van der Waals surface area contributed by atoms with Crippen molar-refractivity contribution >= 4 is 5.69 Å². The van der Waals surface area contributed by atoms with E-state index in [0.717, 1.165) is 11.8 Å². The first-order valence-corrected chi connectivity index (χ1v) is 4.73. The van der Waals surface area contributed by atoms with E-state index in [9.17, 15) is 8.78 Å². The minimum atomic E-state index is -1.05. The number of aromatic nitrogens is 1. The van der Waals surface area contributed by atoms with Gasteiger partial charge in [0.15, 0.2) is 5.82 Å². The number of nitrogens with one attached hydrogen (secondary N) is 1. The number of halogens is 2. The van der Waals surface area contributed by atoms with Crippen LogP contribution in [0.2, 0.25) is 0 Å². The summed E-state index contributed by atoms with van der Waals surface area (Å²) >= 11 is 0. The van der Waals surface area contributed by atoms with E-state index >= 15 is 0 Å². The molecular formula is C12H12F2N2. The van der Waals surface area contributed by atoms with Gasteiger partial charge in [0.25, 0.3) is 0 Å². The van der Waals surface area contributed by atoms with Gasteiger partial charge in [-0.25, -0.2) is 9.37 Å². The molecule has 1 N–H and O–H groups in total. The van der Waals surface area contributed by atoms with Gasteiger partial charge in [0.05, 0.1) is 0 Å². The molecule has 0 saturated heterocycles. The summed E-state index contributed by atoms with van der Waals surface area (Å²) in [4.78, 5) is 3.04. The number of rotatable bonds is 1. The Labute approximate surface area is 93.0 Å². The van der Waals surface area contributed by atoms with Crippen LogP contribution in [0.4, 0.5) is 14.5 Å². The summed E-state index contributed by atoms with van der Waals surface area (Å²) in [6.45, 7) is 0. The summed E-state index contributed by atoms with van der Waals surface area (Å²) in [6.07, 6.45) is 1.19. The van der Waals surface area contributed by atoms with Crippen LogP contribution in [0.15, 0.2) is 48.7 Å². The smallest absolute Gasteiger partial charge is 0.248 e. The quantitative estimate of drug-likeness (QED) is 0.750. The summed E-state index contributed by atoms with van der Waals surface area (Å²) in [6, 6.07) is 12.4. The first-order chi connectivity index (χ1) is 7.74. The van der Waals surface area contributed by atoms with Gasteiger partial charge in [0.1, 0.15) is 0 Å². The lowest BCUT2D eigenvalue weighted by atomic mass is 10.3. The molecule has 0 atom stereocenters. The van der Waals surface area contributed by atoms with Crippen molar-refractivity contribution in [2.45, 2.75) is 0 Å². The van der Waals surface area contributed by atoms with Gasteiger partial charge in [-0.1, -0.05) is 18.2 Å². The molecule has 16 heavy (non-hydrogen) atoms. The van der Waals surface area contributed by atoms with Crippen LogP contribution in [0.25, 0.3) is 0 Å². The molecular weight excluding hydrogens is 210 g/mol. The van der Waals surface area contributed by atoms with E-state index in [1.54, 1.807) is 0 Å². The van der Waals surface area contributed by atoms with E-state index in [0.29, 0.717) is 0 Å². The minimum absolute atomic E-state index is 0.910. The van der Waals surface area contributed by atoms with E-state index in [2.05, 4.69) is 10.3 Å². The highest BCUT2D eigenvalue weighted by atomic mass is 19.2. The zero-order valence-corrected chi connectivity index (χ0v) is 8.82. The van der Waals surface area contributed by atoms with E-state index in [-0.39, 0.29) is 0 Å². The average Bonchev–Trinajstić information content (AvgIpc) is 2.35. The van der Waals surface area contributed by atoms with Gasteiger partial charge in [0.2, 0.25) is 5.95 Å². The van der Waals surface area contributed by atoms with Crippen LogP contribution in [0.1, 0.15) is 0 Å². The summed E-state index contributed by atoms with van der Waals surface area (Å²) in [5.41, 5.74) is 1.16. The van der Waals surface area contributed by atoms with Gasteiger partial charge in [-0.05, 0) is 24.3 Å². The zero-order valence-electron chi connectivity index (χ0n) is 8.82. The van der Waals surface area contributed by atoms with E-state index in [4.69, 9.17) is 0 Å². The summed E-state index contributed by atoms with van der Waals surface area (Å²) in [7, 11) is 1.91. The maximum atomic E-state index is 11.9. The van der Waals surface area contributed by atoms with Crippen molar-refractivity contribution in [1.29, 1.82) is 0 Å². The molecule has 4 heteroatoms. The van der Waals surface area contributed by atoms with Crippen molar-refractivity contribution in [3.8, 4) is 0 Å². The lowest BCUT2D eigenvalue weighted by Gasteiger charge is -1.94. The van der Waals surface area contributed by atoms with Crippen LogP contribution in [0.5, 0.6) is 0 Å². The number of hydrogen-bond acceptors (Lipinski definition) is 2. The maximum Gasteiger partial charge on any atom is 0.248 e. The second kappa shape index (κ2) is 6.50. The van der Waals surface area contributed by atoms with Crippen LogP contribution in [-0.4, -0.2) is 12.0 Å². The standard InChI is InChI=1S/C7H9N.C5H3F2N/c1-8-7-5-3-2-4-6-7;6-4-2-1-3-8-5(4)7/h2-6,8H,1H3;1-3H. The Hall–Kier alpha value is -1.97. The topological polar surface area (TPSA) is 24.9 Å². The predicted molar refractivity (Wildman–Crippen MR) is 60.1 cm³/mol. The largest absolute Gasteiger partial charge is 0.388 e. The summed E-state index contributed by atoms with van der Waals surface area (Å²) < 4.78 is 23.7. The Morgan fingerprint density at radius 1 is 1.00 bits per heavy atom. The monoisotopic (exact) mass is 222 g/mol. The van der Waals surface area contributed by atoms with Crippen molar-refractivity contribution in [2.24, 2.45) is 0 Å². The molecule has 1 aromatic heterocycles. The fourth-order valence-corrected chi connectivity index (χ4v) is 0.971. The average molecular weight is 222 g/mol. The highest BCUT2D eigenvalue weighted by Gasteiger charge is 1.95. The van der Waals surface area contributed by atoms with Gasteiger partial charge in [-0.3, -0.25) is 0 Å². The van der Waals surface area contributed by atoms with Gasteiger partial charge < -0.3 is 5.32 Å². The first-order valence-electron chi connectivity index (χ1n) is 4.73. The van der Waals surface area contributed by atoms with Crippen molar-refractivity contribution in [3.63, 3.8) is 0 Å². The molecule has 0 saturated carbocycles. The second-order valence-electron chi connectivity index (χ2n) is 2.89. The highest BCUT2D eigenvalue weighted by Crippen LogP contribution is 2.01. The lowest BCUT2D eigenvalue weighted by molar-refractivity contribution is 0.479. The molecule has 0 spiro atoms. The van der Waals surface area contributed by atoms with Gasteiger partial charge in [-0.2, -0.15) is 4.39 Å². The molecule has 0 aliphatic heterocycles. The maximum absolute atomic E-state index is 11.9. The fourth-order valence-electron chi connectivity index (χ4n) is 0.971. The molecule has 2 aromatic rings. The van der Waals surface area contributed by atoms with Crippen molar-refractivity contribution in [1.82, 2.24) is 4.98 Å². The molecule has 0 aliphatic carbocycles. The Balaban J connectivity index is 0.000000160. The van der Waals surface area contributed by atoms with Crippen molar-refractivity contribution in [3.05, 3.63) is 60.4 Å². The Kier molecular flexibility index (Phi) is 4.92. The SMILES string of the molecule is CNc1ccccc1.Fc1cccnc1F. The summed E-state index contributed by atoms with van der Waals surface area (Å²) in [5.74, 6) is -1.96. The van der Waals surface area contributed by atoms with E-state index in [1.165, 1.54) is 12.3 Å². The Morgan fingerprint density at radius 3 is 2.06 bits per heavy atom. The molecule has 2 nitrogen and oxygen atoms in total. The van der Waals surface area contributed by atoms with Crippen molar-refractivity contribution in [2.75, 3.05) is 12.4 Å². The number of anilines is 1. The molecule has 0 fully saturated rings. The summed E-state index contributed by atoms with van der Waals surface area (Å²) in [5, 5.41) is 3.03. The minimum Gasteiger partial charge on any atom is -0.388 e. The third-order valence-electron chi connectivity index (χ3n) is 1.78. The Morgan fingerprint density at radius 2 is 1.69 bits per heavy atom.